The van der Waals surface area contributed by atoms with Crippen molar-refractivity contribution in [3.05, 3.63) is 23.8 Å². The molecule has 66 valence electrons. The summed E-state index contributed by atoms with van der Waals surface area (Å²) in [5.74, 6) is 2.08. The molecule has 0 atom stereocenters. The number of carbonyl (C=O) groups excluding carboxylic acids is 1. The molecule has 1 rings (SSSR count). The van der Waals surface area contributed by atoms with Crippen molar-refractivity contribution in [3.63, 3.8) is 0 Å². The maximum absolute atomic E-state index is 11.3. The molecule has 0 saturated heterocycles. The van der Waals surface area contributed by atoms with E-state index in [1.165, 1.54) is 12.5 Å². The highest BCUT2D eigenvalue weighted by molar-refractivity contribution is 5.94. The largest absolute Gasteiger partial charge is 0.341 e. The van der Waals surface area contributed by atoms with Crippen molar-refractivity contribution in [2.24, 2.45) is 0 Å². The van der Waals surface area contributed by atoms with Gasteiger partial charge < -0.3 is 5.32 Å². The minimum Gasteiger partial charge on any atom is -0.341 e. The lowest BCUT2D eigenvalue weighted by atomic mass is 10.2. The average molecular weight is 175 g/mol. The first-order chi connectivity index (χ1) is 6.25. The fourth-order valence-electron chi connectivity index (χ4n) is 0.840. The number of rotatable bonds is 2. The number of aryl methyl sites for hydroxylation is 1. The van der Waals surface area contributed by atoms with Crippen LogP contribution in [0.4, 0.5) is 0 Å². The quantitative estimate of drug-likeness (QED) is 0.651. The van der Waals surface area contributed by atoms with Gasteiger partial charge in [-0.1, -0.05) is 5.92 Å². The predicted molar refractivity (Wildman–Crippen MR) is 47.9 cm³/mol. The molecule has 0 saturated carbocycles. The summed E-state index contributed by atoms with van der Waals surface area (Å²) in [6.07, 6.45) is 7.86. The second-order valence-electron chi connectivity index (χ2n) is 2.41. The number of aromatic nitrogens is 2. The lowest BCUT2D eigenvalue weighted by Crippen LogP contribution is -2.24. The van der Waals surface area contributed by atoms with E-state index in [0.717, 1.165) is 0 Å². The molecule has 0 aliphatic heterocycles. The Morgan fingerprint density at radius 1 is 1.77 bits per heavy atom. The van der Waals surface area contributed by atoms with Crippen LogP contribution in [0, 0.1) is 19.3 Å². The zero-order chi connectivity index (χ0) is 9.68. The SMILES string of the molecule is C#CCNC(=O)c1cncnc1C. The molecule has 0 spiro atoms. The number of hydrogen-bond acceptors (Lipinski definition) is 3. The molecule has 0 aliphatic rings. The van der Waals surface area contributed by atoms with Gasteiger partial charge in [-0.25, -0.2) is 9.97 Å². The Hall–Kier alpha value is -1.89. The number of terminal acetylenes is 1. The Labute approximate surface area is 76.4 Å². The van der Waals surface area contributed by atoms with Crippen molar-refractivity contribution >= 4 is 5.91 Å². The Bertz CT molecular complexity index is 354. The van der Waals surface area contributed by atoms with Gasteiger partial charge in [0.05, 0.1) is 17.8 Å². The third-order valence-electron chi connectivity index (χ3n) is 1.51. The molecule has 0 unspecified atom stereocenters. The first-order valence-corrected chi connectivity index (χ1v) is 3.74. The van der Waals surface area contributed by atoms with E-state index >= 15 is 0 Å². The summed E-state index contributed by atoms with van der Waals surface area (Å²) >= 11 is 0. The fourth-order valence-corrected chi connectivity index (χ4v) is 0.840. The van der Waals surface area contributed by atoms with Crippen molar-refractivity contribution in [1.82, 2.24) is 15.3 Å². The summed E-state index contributed by atoms with van der Waals surface area (Å²) in [5, 5.41) is 2.53. The topological polar surface area (TPSA) is 54.9 Å². The standard InChI is InChI=1S/C9H9N3O/c1-3-4-11-9(13)8-5-10-6-12-7(8)2/h1,5-6H,4H2,2H3,(H,11,13). The molecule has 1 aromatic rings. The van der Waals surface area contributed by atoms with Gasteiger partial charge in [0.15, 0.2) is 0 Å². The van der Waals surface area contributed by atoms with Crippen molar-refractivity contribution in [2.45, 2.75) is 6.92 Å². The van der Waals surface area contributed by atoms with E-state index in [9.17, 15) is 4.79 Å². The minimum absolute atomic E-state index is 0.215. The molecule has 1 aromatic heterocycles. The highest BCUT2D eigenvalue weighted by atomic mass is 16.1. The summed E-state index contributed by atoms with van der Waals surface area (Å²) in [7, 11) is 0. The van der Waals surface area contributed by atoms with E-state index in [0.29, 0.717) is 11.3 Å². The van der Waals surface area contributed by atoms with Crippen LogP contribution in [0.15, 0.2) is 12.5 Å². The number of amides is 1. The van der Waals surface area contributed by atoms with Crippen LogP contribution in [0.3, 0.4) is 0 Å². The molecule has 1 amide bonds. The highest BCUT2D eigenvalue weighted by Gasteiger charge is 2.07. The molecule has 0 radical (unpaired) electrons. The monoisotopic (exact) mass is 175 g/mol. The van der Waals surface area contributed by atoms with Crippen molar-refractivity contribution < 1.29 is 4.79 Å². The van der Waals surface area contributed by atoms with Crippen LogP contribution in [-0.2, 0) is 0 Å². The summed E-state index contributed by atoms with van der Waals surface area (Å²) in [4.78, 5) is 19.0. The number of carbonyl (C=O) groups is 1. The number of nitrogens with zero attached hydrogens (tertiary/aromatic N) is 2. The lowest BCUT2D eigenvalue weighted by molar-refractivity contribution is 0.0957. The molecule has 0 aromatic carbocycles. The van der Waals surface area contributed by atoms with Gasteiger partial charge in [0.25, 0.3) is 5.91 Å². The minimum atomic E-state index is -0.240. The third kappa shape index (κ3) is 2.27. The smallest absolute Gasteiger partial charge is 0.255 e. The zero-order valence-electron chi connectivity index (χ0n) is 7.24. The van der Waals surface area contributed by atoms with Gasteiger partial charge in [-0.2, -0.15) is 0 Å². The molecule has 0 fully saturated rings. The Balaban J connectivity index is 2.78. The van der Waals surface area contributed by atoms with Crippen molar-refractivity contribution in [1.29, 1.82) is 0 Å². The normalized spacial score (nSPS) is 8.92. The van der Waals surface area contributed by atoms with Crippen LogP contribution < -0.4 is 5.32 Å². The van der Waals surface area contributed by atoms with Crippen LogP contribution in [0.5, 0.6) is 0 Å². The van der Waals surface area contributed by atoms with E-state index < -0.39 is 0 Å². The van der Waals surface area contributed by atoms with Gasteiger partial charge in [0.1, 0.15) is 6.33 Å². The van der Waals surface area contributed by atoms with Gasteiger partial charge in [-0.3, -0.25) is 4.79 Å². The molecule has 13 heavy (non-hydrogen) atoms. The second kappa shape index (κ2) is 4.21. The van der Waals surface area contributed by atoms with E-state index in [1.807, 2.05) is 0 Å². The van der Waals surface area contributed by atoms with Crippen molar-refractivity contribution in [3.8, 4) is 12.3 Å². The molecule has 4 heteroatoms. The number of nitrogens with one attached hydrogen (secondary N) is 1. The maximum atomic E-state index is 11.3. The van der Waals surface area contributed by atoms with E-state index in [-0.39, 0.29) is 12.5 Å². The molecular formula is C9H9N3O. The van der Waals surface area contributed by atoms with Crippen LogP contribution in [-0.4, -0.2) is 22.4 Å². The Morgan fingerprint density at radius 3 is 3.15 bits per heavy atom. The highest BCUT2D eigenvalue weighted by Crippen LogP contribution is 2.00. The van der Waals surface area contributed by atoms with Gasteiger partial charge in [-0.15, -0.1) is 6.42 Å². The second-order valence-corrected chi connectivity index (χ2v) is 2.41. The van der Waals surface area contributed by atoms with E-state index in [1.54, 1.807) is 6.92 Å². The number of hydrogen-bond donors (Lipinski definition) is 1. The lowest BCUT2D eigenvalue weighted by Gasteiger charge is -2.02. The Morgan fingerprint density at radius 2 is 2.54 bits per heavy atom. The molecule has 0 aliphatic carbocycles. The van der Waals surface area contributed by atoms with Crippen LogP contribution >= 0.6 is 0 Å². The van der Waals surface area contributed by atoms with Gasteiger partial charge in [-0.05, 0) is 6.92 Å². The molecule has 1 heterocycles. The summed E-state index contributed by atoms with van der Waals surface area (Å²) < 4.78 is 0. The van der Waals surface area contributed by atoms with Gasteiger partial charge in [0.2, 0.25) is 0 Å². The van der Waals surface area contributed by atoms with Crippen LogP contribution in [0.25, 0.3) is 0 Å². The molecule has 4 nitrogen and oxygen atoms in total. The van der Waals surface area contributed by atoms with E-state index in [2.05, 4.69) is 21.2 Å². The first kappa shape index (κ1) is 9.20. The molecular weight excluding hydrogens is 166 g/mol. The fraction of sp³-hybridized carbons (Fsp3) is 0.222. The maximum Gasteiger partial charge on any atom is 0.255 e. The predicted octanol–water partition coefficient (Wildman–Crippen LogP) is 0.148. The summed E-state index contributed by atoms with van der Waals surface area (Å²) in [5.41, 5.74) is 1.10. The van der Waals surface area contributed by atoms with E-state index in [4.69, 9.17) is 6.42 Å². The average Bonchev–Trinajstić information content (AvgIpc) is 2.15. The molecule has 1 N–H and O–H groups in total. The summed E-state index contributed by atoms with van der Waals surface area (Å²) in [6.45, 7) is 1.96. The van der Waals surface area contributed by atoms with Gasteiger partial charge >= 0.3 is 0 Å². The Kier molecular flexibility index (Phi) is 2.98. The van der Waals surface area contributed by atoms with Crippen LogP contribution in [0.1, 0.15) is 16.1 Å². The summed E-state index contributed by atoms with van der Waals surface area (Å²) in [6, 6.07) is 0. The zero-order valence-corrected chi connectivity index (χ0v) is 7.24. The van der Waals surface area contributed by atoms with Crippen molar-refractivity contribution in [2.75, 3.05) is 6.54 Å². The first-order valence-electron chi connectivity index (χ1n) is 3.74. The van der Waals surface area contributed by atoms with Crippen LogP contribution in [0.2, 0.25) is 0 Å². The third-order valence-corrected chi connectivity index (χ3v) is 1.51. The molecule has 0 bridgehead atoms. The van der Waals surface area contributed by atoms with Gasteiger partial charge in [0, 0.05) is 6.20 Å².